The van der Waals surface area contributed by atoms with Crippen LogP contribution in [0, 0.1) is 6.92 Å². The fraction of sp³-hybridized carbons (Fsp3) is 0.368. The molecule has 0 aliphatic rings. The Morgan fingerprint density at radius 2 is 1.43 bits per heavy atom. The van der Waals surface area contributed by atoms with Gasteiger partial charge < -0.3 is 0 Å². The first kappa shape index (κ1) is 20.3. The van der Waals surface area contributed by atoms with Crippen LogP contribution in [0.15, 0.2) is 54.6 Å². The van der Waals surface area contributed by atoms with E-state index < -0.39 is 0 Å². The molecule has 0 amide bonds. The topological polar surface area (TPSA) is 3.24 Å². The number of alkyl halides is 2. The number of hydrogen-bond donors (Lipinski definition) is 0. The molecule has 2 aromatic rings. The van der Waals surface area contributed by atoms with E-state index in [2.05, 4.69) is 66.4 Å². The SMILES string of the molecule is Cc1ccc(CC(c2ccccc2)N(CCCl)CCCl)cc1.Cl. The summed E-state index contributed by atoms with van der Waals surface area (Å²) in [6.45, 7) is 3.81. The highest BCUT2D eigenvalue weighted by atomic mass is 35.5. The highest BCUT2D eigenvalue weighted by Crippen LogP contribution is 2.25. The molecule has 0 fully saturated rings. The molecule has 0 aliphatic carbocycles. The molecule has 2 rings (SSSR count). The number of benzene rings is 2. The lowest BCUT2D eigenvalue weighted by Gasteiger charge is -2.31. The van der Waals surface area contributed by atoms with Crippen LogP contribution in [0.2, 0.25) is 0 Å². The van der Waals surface area contributed by atoms with E-state index in [0.717, 1.165) is 19.5 Å². The largest absolute Gasteiger partial charge is 0.294 e. The average Bonchev–Trinajstić information content (AvgIpc) is 2.55. The molecule has 126 valence electrons. The molecular weight excluding hydrogens is 349 g/mol. The maximum absolute atomic E-state index is 6.00. The molecule has 2 aromatic carbocycles. The zero-order valence-electron chi connectivity index (χ0n) is 13.4. The Morgan fingerprint density at radius 3 is 1.96 bits per heavy atom. The summed E-state index contributed by atoms with van der Waals surface area (Å²) < 4.78 is 0. The number of rotatable bonds is 8. The van der Waals surface area contributed by atoms with Gasteiger partial charge in [-0.25, -0.2) is 0 Å². The summed E-state index contributed by atoms with van der Waals surface area (Å²) in [5.74, 6) is 1.24. The lowest BCUT2D eigenvalue weighted by molar-refractivity contribution is 0.220. The molecule has 1 atom stereocenters. The van der Waals surface area contributed by atoms with E-state index in [1.807, 2.05) is 0 Å². The second-order valence-corrected chi connectivity index (χ2v) is 6.29. The normalized spacial score (nSPS) is 12.0. The second kappa shape index (κ2) is 10.9. The van der Waals surface area contributed by atoms with Crippen molar-refractivity contribution >= 4 is 35.6 Å². The predicted octanol–water partition coefficient (Wildman–Crippen LogP) is 5.48. The van der Waals surface area contributed by atoms with Gasteiger partial charge in [0.25, 0.3) is 0 Å². The van der Waals surface area contributed by atoms with Crippen molar-refractivity contribution in [2.45, 2.75) is 19.4 Å². The van der Waals surface area contributed by atoms with E-state index in [0.29, 0.717) is 17.8 Å². The van der Waals surface area contributed by atoms with Crippen LogP contribution in [-0.2, 0) is 6.42 Å². The van der Waals surface area contributed by atoms with Crippen molar-refractivity contribution in [3.63, 3.8) is 0 Å². The van der Waals surface area contributed by atoms with E-state index in [4.69, 9.17) is 23.2 Å². The molecule has 0 N–H and O–H groups in total. The predicted molar refractivity (Wildman–Crippen MR) is 104 cm³/mol. The van der Waals surface area contributed by atoms with Crippen molar-refractivity contribution in [2.75, 3.05) is 24.8 Å². The molecule has 0 bridgehead atoms. The maximum atomic E-state index is 6.00. The van der Waals surface area contributed by atoms with Crippen molar-refractivity contribution in [1.82, 2.24) is 4.90 Å². The van der Waals surface area contributed by atoms with Crippen LogP contribution in [0.5, 0.6) is 0 Å². The van der Waals surface area contributed by atoms with Crippen LogP contribution in [0.25, 0.3) is 0 Å². The van der Waals surface area contributed by atoms with Gasteiger partial charge in [0.15, 0.2) is 0 Å². The van der Waals surface area contributed by atoms with Gasteiger partial charge in [0.1, 0.15) is 0 Å². The summed E-state index contributed by atoms with van der Waals surface area (Å²) in [6, 6.07) is 19.7. The summed E-state index contributed by atoms with van der Waals surface area (Å²) in [6.07, 6.45) is 0.970. The molecule has 0 saturated carbocycles. The summed E-state index contributed by atoms with van der Waals surface area (Å²) in [4.78, 5) is 2.38. The second-order valence-electron chi connectivity index (χ2n) is 5.53. The first-order valence-electron chi connectivity index (χ1n) is 7.71. The van der Waals surface area contributed by atoms with Crippen LogP contribution < -0.4 is 0 Å². The molecule has 0 aromatic heterocycles. The van der Waals surface area contributed by atoms with Crippen molar-refractivity contribution < 1.29 is 0 Å². The minimum Gasteiger partial charge on any atom is -0.294 e. The summed E-state index contributed by atoms with van der Waals surface area (Å²) in [7, 11) is 0. The van der Waals surface area contributed by atoms with Crippen molar-refractivity contribution in [1.29, 1.82) is 0 Å². The Labute approximate surface area is 156 Å². The number of aryl methyl sites for hydroxylation is 1. The van der Waals surface area contributed by atoms with Crippen LogP contribution in [0.1, 0.15) is 22.7 Å². The summed E-state index contributed by atoms with van der Waals surface area (Å²) >= 11 is 12.0. The monoisotopic (exact) mass is 371 g/mol. The maximum Gasteiger partial charge on any atom is 0.0389 e. The van der Waals surface area contributed by atoms with Gasteiger partial charge in [-0.3, -0.25) is 4.90 Å². The van der Waals surface area contributed by atoms with Crippen molar-refractivity contribution in [2.24, 2.45) is 0 Å². The molecule has 0 spiro atoms. The van der Waals surface area contributed by atoms with Gasteiger partial charge in [-0.15, -0.1) is 35.6 Å². The van der Waals surface area contributed by atoms with Crippen LogP contribution in [0.3, 0.4) is 0 Å². The molecule has 0 heterocycles. The van der Waals surface area contributed by atoms with Gasteiger partial charge in [-0.05, 0) is 24.5 Å². The third-order valence-electron chi connectivity index (χ3n) is 3.92. The molecule has 1 unspecified atom stereocenters. The lowest BCUT2D eigenvalue weighted by Crippen LogP contribution is -2.33. The third kappa shape index (κ3) is 6.35. The Bertz CT molecular complexity index is 536. The van der Waals surface area contributed by atoms with Gasteiger partial charge in [0.2, 0.25) is 0 Å². The van der Waals surface area contributed by atoms with Crippen molar-refractivity contribution in [3.8, 4) is 0 Å². The number of nitrogens with zero attached hydrogens (tertiary/aromatic N) is 1. The van der Waals surface area contributed by atoms with Crippen LogP contribution in [-0.4, -0.2) is 29.7 Å². The molecule has 1 nitrogen and oxygen atoms in total. The molecule has 4 heteroatoms. The fourth-order valence-corrected chi connectivity index (χ4v) is 3.16. The average molecular weight is 373 g/mol. The Morgan fingerprint density at radius 1 is 0.870 bits per heavy atom. The third-order valence-corrected chi connectivity index (χ3v) is 4.26. The van der Waals surface area contributed by atoms with Gasteiger partial charge in [0, 0.05) is 30.9 Å². The highest BCUT2D eigenvalue weighted by molar-refractivity contribution is 6.18. The lowest BCUT2D eigenvalue weighted by atomic mass is 9.97. The first-order chi connectivity index (χ1) is 10.7. The Hall–Kier alpha value is -0.730. The Balaban J connectivity index is 0.00000264. The quantitative estimate of drug-likeness (QED) is 0.554. The number of hydrogen-bond acceptors (Lipinski definition) is 1. The fourth-order valence-electron chi connectivity index (χ4n) is 2.72. The van der Waals surface area contributed by atoms with E-state index >= 15 is 0 Å². The van der Waals surface area contributed by atoms with E-state index in [-0.39, 0.29) is 12.4 Å². The van der Waals surface area contributed by atoms with Gasteiger partial charge in [-0.1, -0.05) is 60.2 Å². The van der Waals surface area contributed by atoms with Gasteiger partial charge >= 0.3 is 0 Å². The van der Waals surface area contributed by atoms with Crippen LogP contribution >= 0.6 is 35.6 Å². The molecular formula is C19H24Cl3N. The van der Waals surface area contributed by atoms with Gasteiger partial charge in [0.05, 0.1) is 0 Å². The van der Waals surface area contributed by atoms with Crippen molar-refractivity contribution in [3.05, 3.63) is 71.3 Å². The standard InChI is InChI=1S/C19H23Cl2N.ClH/c1-16-7-9-17(10-8-16)15-19(18-5-3-2-4-6-18)22(13-11-20)14-12-21;/h2-10,19H,11-15H2,1H3;1H. The summed E-state index contributed by atoms with van der Waals surface area (Å²) in [5.41, 5.74) is 3.95. The minimum atomic E-state index is 0. The molecule has 0 radical (unpaired) electrons. The summed E-state index contributed by atoms with van der Waals surface area (Å²) in [5, 5.41) is 0. The zero-order valence-corrected chi connectivity index (χ0v) is 15.7. The molecule has 23 heavy (non-hydrogen) atoms. The Kier molecular flexibility index (Phi) is 9.66. The van der Waals surface area contributed by atoms with E-state index in [1.54, 1.807) is 0 Å². The minimum absolute atomic E-state index is 0. The molecule has 0 saturated heterocycles. The van der Waals surface area contributed by atoms with E-state index in [1.165, 1.54) is 16.7 Å². The number of halogens is 3. The smallest absolute Gasteiger partial charge is 0.0389 e. The van der Waals surface area contributed by atoms with Crippen LogP contribution in [0.4, 0.5) is 0 Å². The van der Waals surface area contributed by atoms with Gasteiger partial charge in [-0.2, -0.15) is 0 Å². The van der Waals surface area contributed by atoms with E-state index in [9.17, 15) is 0 Å². The molecule has 0 aliphatic heterocycles. The first-order valence-corrected chi connectivity index (χ1v) is 8.78. The zero-order chi connectivity index (χ0) is 15.8. The highest BCUT2D eigenvalue weighted by Gasteiger charge is 2.20.